The highest BCUT2D eigenvalue weighted by Gasteiger charge is 2.49. The van der Waals surface area contributed by atoms with E-state index in [2.05, 4.69) is 25.0 Å². The van der Waals surface area contributed by atoms with Crippen LogP contribution in [-0.4, -0.2) is 54.9 Å². The van der Waals surface area contributed by atoms with E-state index in [0.717, 1.165) is 24.1 Å². The zero-order chi connectivity index (χ0) is 25.1. The van der Waals surface area contributed by atoms with E-state index in [4.69, 9.17) is 14.5 Å². The predicted octanol–water partition coefficient (Wildman–Crippen LogP) is 4.26. The van der Waals surface area contributed by atoms with Crippen LogP contribution >= 0.6 is 0 Å². The minimum absolute atomic E-state index is 0.0837. The summed E-state index contributed by atoms with van der Waals surface area (Å²) in [7, 11) is 2.98. The number of halogens is 3. The van der Waals surface area contributed by atoms with Crippen LogP contribution in [-0.2, 0) is 11.8 Å². The summed E-state index contributed by atoms with van der Waals surface area (Å²) in [5.74, 6) is 0.313. The molecular weight excluding hydrogens is 475 g/mol. The number of ether oxygens (including phenoxy) is 2. The lowest BCUT2D eigenvalue weighted by Gasteiger charge is -2.18. The SMILES string of the molecule is COc1ncc(-c2cc(C3(c4ccc5cc(CC(F)(F)F)[nH]c5n4)CC3)c3nccn3n2)c(OC)n1. The van der Waals surface area contributed by atoms with Gasteiger partial charge < -0.3 is 14.5 Å². The number of hydrogen-bond acceptors (Lipinski definition) is 7. The minimum Gasteiger partial charge on any atom is -0.480 e. The second-order valence-electron chi connectivity index (χ2n) is 8.72. The molecule has 0 spiro atoms. The topological polar surface area (TPSA) is 103 Å². The van der Waals surface area contributed by atoms with Crippen molar-refractivity contribution in [3.8, 4) is 23.1 Å². The molecule has 0 unspecified atom stereocenters. The third-order valence-corrected chi connectivity index (χ3v) is 6.42. The Hall–Kier alpha value is -4.22. The molecule has 0 radical (unpaired) electrons. The largest absolute Gasteiger partial charge is 0.480 e. The van der Waals surface area contributed by atoms with Crippen LogP contribution in [0.3, 0.4) is 0 Å². The summed E-state index contributed by atoms with van der Waals surface area (Å²) in [6.45, 7) is 0. The summed E-state index contributed by atoms with van der Waals surface area (Å²) < 4.78 is 50.9. The Bertz CT molecular complexity index is 1600. The molecule has 0 aromatic carbocycles. The van der Waals surface area contributed by atoms with E-state index in [9.17, 15) is 13.2 Å². The van der Waals surface area contributed by atoms with E-state index < -0.39 is 18.0 Å². The van der Waals surface area contributed by atoms with Crippen LogP contribution in [0.2, 0.25) is 0 Å². The van der Waals surface area contributed by atoms with Crippen molar-refractivity contribution >= 4 is 16.7 Å². The summed E-state index contributed by atoms with van der Waals surface area (Å²) >= 11 is 0. The van der Waals surface area contributed by atoms with Crippen molar-refractivity contribution in [3.05, 3.63) is 59.8 Å². The number of nitrogens with zero attached hydrogens (tertiary/aromatic N) is 6. The maximum atomic E-state index is 12.9. The van der Waals surface area contributed by atoms with Crippen LogP contribution in [0.25, 0.3) is 27.9 Å². The van der Waals surface area contributed by atoms with Gasteiger partial charge in [0.2, 0.25) is 5.88 Å². The molecule has 1 N–H and O–H groups in total. The van der Waals surface area contributed by atoms with Crippen molar-refractivity contribution < 1.29 is 22.6 Å². The lowest BCUT2D eigenvalue weighted by atomic mass is 9.91. The van der Waals surface area contributed by atoms with Gasteiger partial charge >= 0.3 is 12.2 Å². The molecule has 9 nitrogen and oxygen atoms in total. The molecule has 1 fully saturated rings. The molecule has 6 rings (SSSR count). The number of hydrogen-bond donors (Lipinski definition) is 1. The summed E-state index contributed by atoms with van der Waals surface area (Å²) in [5, 5.41) is 5.31. The highest BCUT2D eigenvalue weighted by molar-refractivity contribution is 5.78. The number of methoxy groups -OCH3 is 2. The molecular formula is C24H20F3N7O2. The van der Waals surface area contributed by atoms with Crippen LogP contribution < -0.4 is 9.47 Å². The Balaban J connectivity index is 1.47. The normalized spacial score (nSPS) is 14.9. The molecule has 5 aromatic heterocycles. The Morgan fingerprint density at radius 2 is 1.92 bits per heavy atom. The molecule has 0 saturated heterocycles. The van der Waals surface area contributed by atoms with Crippen LogP contribution in [0.15, 0.2) is 42.9 Å². The van der Waals surface area contributed by atoms with Crippen molar-refractivity contribution in [2.45, 2.75) is 30.9 Å². The van der Waals surface area contributed by atoms with Gasteiger partial charge in [-0.2, -0.15) is 23.3 Å². The zero-order valence-corrected chi connectivity index (χ0v) is 19.3. The molecule has 5 aromatic rings. The molecule has 5 heterocycles. The van der Waals surface area contributed by atoms with Crippen molar-refractivity contribution in [1.29, 1.82) is 0 Å². The van der Waals surface area contributed by atoms with Crippen LogP contribution in [0.4, 0.5) is 13.2 Å². The smallest absolute Gasteiger partial charge is 0.394 e. The van der Waals surface area contributed by atoms with Gasteiger partial charge in [0.25, 0.3) is 0 Å². The summed E-state index contributed by atoms with van der Waals surface area (Å²) in [4.78, 5) is 20.6. The lowest BCUT2D eigenvalue weighted by Crippen LogP contribution is -2.14. The number of alkyl halides is 3. The average molecular weight is 495 g/mol. The summed E-state index contributed by atoms with van der Waals surface area (Å²) in [6.07, 6.45) is 1.29. The van der Waals surface area contributed by atoms with Gasteiger partial charge in [-0.1, -0.05) is 0 Å². The van der Waals surface area contributed by atoms with E-state index >= 15 is 0 Å². The molecule has 0 bridgehead atoms. The fourth-order valence-electron chi connectivity index (χ4n) is 4.61. The number of nitrogens with one attached hydrogen (secondary N) is 1. The predicted molar refractivity (Wildman–Crippen MR) is 123 cm³/mol. The van der Waals surface area contributed by atoms with Crippen LogP contribution in [0, 0.1) is 0 Å². The molecule has 1 aliphatic rings. The first kappa shape index (κ1) is 22.3. The Kier molecular flexibility index (Phi) is 4.88. The lowest BCUT2D eigenvalue weighted by molar-refractivity contribution is -0.127. The van der Waals surface area contributed by atoms with Gasteiger partial charge in [-0.15, -0.1) is 0 Å². The minimum atomic E-state index is -4.30. The first-order chi connectivity index (χ1) is 17.3. The third-order valence-electron chi connectivity index (χ3n) is 6.42. The third kappa shape index (κ3) is 3.69. The highest BCUT2D eigenvalue weighted by atomic mass is 19.4. The van der Waals surface area contributed by atoms with Gasteiger partial charge in [-0.25, -0.2) is 19.5 Å². The fraction of sp³-hybridized carbons (Fsp3) is 0.292. The molecule has 1 aliphatic carbocycles. The zero-order valence-electron chi connectivity index (χ0n) is 19.3. The Labute approximate surface area is 202 Å². The van der Waals surface area contributed by atoms with Crippen LogP contribution in [0.1, 0.15) is 29.8 Å². The molecule has 184 valence electrons. The second-order valence-corrected chi connectivity index (χ2v) is 8.72. The van der Waals surface area contributed by atoms with Gasteiger partial charge in [0.05, 0.1) is 37.6 Å². The van der Waals surface area contributed by atoms with Gasteiger partial charge in [-0.3, -0.25) is 0 Å². The van der Waals surface area contributed by atoms with E-state index in [1.807, 2.05) is 12.1 Å². The standard InChI is InChI=1S/C24H20F3N7O2/c1-35-21-15(12-29-22(32-21)36-2)17-10-16(20-28-7-8-34(20)33-17)23(5-6-23)18-4-3-13-9-14(11-24(25,26)27)30-19(13)31-18/h3-4,7-10,12H,5-6,11H2,1-2H3,(H,30,31). The van der Waals surface area contributed by atoms with Gasteiger partial charge in [0.15, 0.2) is 5.65 Å². The van der Waals surface area contributed by atoms with E-state index in [-0.39, 0.29) is 11.7 Å². The van der Waals surface area contributed by atoms with Crippen molar-refractivity contribution in [2.24, 2.45) is 0 Å². The summed E-state index contributed by atoms with van der Waals surface area (Å²) in [5.41, 5.74) is 3.56. The fourth-order valence-corrected chi connectivity index (χ4v) is 4.61. The van der Waals surface area contributed by atoms with Crippen molar-refractivity contribution in [2.75, 3.05) is 14.2 Å². The monoisotopic (exact) mass is 495 g/mol. The molecule has 36 heavy (non-hydrogen) atoms. The highest BCUT2D eigenvalue weighted by Crippen LogP contribution is 2.54. The maximum Gasteiger partial charge on any atom is 0.394 e. The number of aromatic nitrogens is 7. The van der Waals surface area contributed by atoms with Crippen LogP contribution in [0.5, 0.6) is 11.9 Å². The first-order valence-electron chi connectivity index (χ1n) is 11.2. The number of pyridine rings is 1. The number of rotatable bonds is 6. The van der Waals surface area contributed by atoms with Crippen molar-refractivity contribution in [3.63, 3.8) is 0 Å². The van der Waals surface area contributed by atoms with Gasteiger partial charge in [0.1, 0.15) is 5.65 Å². The number of aromatic amines is 1. The van der Waals surface area contributed by atoms with E-state index in [1.54, 1.807) is 29.2 Å². The average Bonchev–Trinajstić information content (AvgIpc) is 3.35. The first-order valence-corrected chi connectivity index (χ1v) is 11.2. The molecule has 0 amide bonds. The van der Waals surface area contributed by atoms with E-state index in [0.29, 0.717) is 33.8 Å². The molecule has 0 aliphatic heterocycles. The number of imidazole rings is 1. The summed E-state index contributed by atoms with van der Waals surface area (Å²) in [6, 6.07) is 7.27. The van der Waals surface area contributed by atoms with Gasteiger partial charge in [0, 0.05) is 40.6 Å². The molecule has 0 atom stereocenters. The number of H-pyrrole nitrogens is 1. The quantitative estimate of drug-likeness (QED) is 0.375. The Morgan fingerprint density at radius 1 is 1.08 bits per heavy atom. The van der Waals surface area contributed by atoms with Crippen molar-refractivity contribution in [1.82, 2.24) is 34.5 Å². The Morgan fingerprint density at radius 3 is 2.64 bits per heavy atom. The molecule has 12 heteroatoms. The number of fused-ring (bicyclic) bond motifs is 2. The van der Waals surface area contributed by atoms with E-state index in [1.165, 1.54) is 20.3 Å². The maximum absolute atomic E-state index is 12.9. The molecule has 1 saturated carbocycles. The second kappa shape index (κ2) is 7.90. The van der Waals surface area contributed by atoms with Gasteiger partial charge in [-0.05, 0) is 37.1 Å².